The Morgan fingerprint density at radius 3 is 0.910 bits per heavy atom. The highest BCUT2D eigenvalue weighted by Crippen LogP contribution is 2.57. The lowest BCUT2D eigenvalue weighted by molar-refractivity contribution is 0.587. The minimum absolute atomic E-state index is 0.0642. The zero-order chi connectivity index (χ0) is 46.8. The third kappa shape index (κ3) is 7.89. The van der Waals surface area contributed by atoms with E-state index >= 15 is 0 Å². The Morgan fingerprint density at radius 1 is 0.358 bits per heavy atom. The highest BCUT2D eigenvalue weighted by Gasteiger charge is 2.43. The average Bonchev–Trinajstić information content (AvgIpc) is 3.90. The number of fused-ring (bicyclic) bond motifs is 2. The van der Waals surface area contributed by atoms with E-state index in [4.69, 9.17) is 0 Å². The number of benzene rings is 8. The van der Waals surface area contributed by atoms with Crippen molar-refractivity contribution in [3.8, 4) is 0 Å². The number of anilines is 2. The van der Waals surface area contributed by atoms with Crippen LogP contribution in [-0.4, -0.2) is 6.67 Å². The van der Waals surface area contributed by atoms with E-state index in [1.807, 2.05) is 0 Å². The molecule has 0 spiro atoms. The lowest BCUT2D eigenvalue weighted by atomic mass is 9.78. The minimum atomic E-state index is -0.0642. The van der Waals surface area contributed by atoms with Crippen molar-refractivity contribution in [2.24, 2.45) is 0 Å². The van der Waals surface area contributed by atoms with Gasteiger partial charge in [-0.15, -0.1) is 0 Å². The summed E-state index contributed by atoms with van der Waals surface area (Å²) in [5.74, 6) is 0.523. The Hall–Kier alpha value is -6.64. The van der Waals surface area contributed by atoms with Crippen LogP contribution in [0, 0.1) is 0 Å². The summed E-state index contributed by atoms with van der Waals surface area (Å²) in [6, 6.07) is 68.9. The number of hydrogen-bond donors (Lipinski definition) is 0. The molecule has 8 aromatic carbocycles. The monoisotopic (exact) mass is 875 g/mol. The summed E-state index contributed by atoms with van der Waals surface area (Å²) >= 11 is 0. The fourth-order valence-corrected chi connectivity index (χ4v) is 11.0. The first-order valence-corrected chi connectivity index (χ1v) is 24.6. The van der Waals surface area contributed by atoms with Crippen molar-refractivity contribution in [3.05, 3.63) is 249 Å². The van der Waals surface area contributed by atoms with E-state index in [1.165, 1.54) is 100 Å². The Morgan fingerprint density at radius 2 is 0.642 bits per heavy atom. The molecule has 0 aromatic heterocycles. The van der Waals surface area contributed by atoms with Crippen LogP contribution in [0.3, 0.4) is 0 Å². The first kappa shape index (κ1) is 44.2. The summed E-state index contributed by atoms with van der Waals surface area (Å²) < 4.78 is 0. The van der Waals surface area contributed by atoms with E-state index in [2.05, 4.69) is 261 Å². The lowest BCUT2D eigenvalue weighted by Gasteiger charge is -2.37. The number of nitrogens with zero attached hydrogens (tertiary/aromatic N) is 2. The van der Waals surface area contributed by atoms with Crippen LogP contribution >= 0.6 is 0 Å². The first-order chi connectivity index (χ1) is 32.2. The SMILES string of the molecule is C[C@H](c1ccccc1)c1cc(C(C)(C)C)cc([C@H](C)c2ccccc2)c1N1CN(c2c([C@H](C)c3ccccc3)cc(C(C)(C)C)cc2[C@H](C)c2ccccc2)C2=C1c1cccc3cccc2c13. The summed E-state index contributed by atoms with van der Waals surface area (Å²) in [5.41, 5.74) is 21.2. The van der Waals surface area contributed by atoms with Gasteiger partial charge in [-0.25, -0.2) is 0 Å². The summed E-state index contributed by atoms with van der Waals surface area (Å²) in [6.45, 7) is 24.6. The van der Waals surface area contributed by atoms with Crippen LogP contribution in [0.1, 0.15) is 160 Å². The topological polar surface area (TPSA) is 6.48 Å². The van der Waals surface area contributed by atoms with Crippen LogP contribution in [0.25, 0.3) is 22.2 Å². The molecule has 0 fully saturated rings. The van der Waals surface area contributed by atoms with Crippen LogP contribution in [0.4, 0.5) is 11.4 Å². The first-order valence-electron chi connectivity index (χ1n) is 24.6. The highest BCUT2D eigenvalue weighted by molar-refractivity contribution is 6.21. The van der Waals surface area contributed by atoms with E-state index in [0.29, 0.717) is 6.67 Å². The number of rotatable bonds is 10. The van der Waals surface area contributed by atoms with E-state index in [9.17, 15) is 0 Å². The van der Waals surface area contributed by atoms with Crippen LogP contribution < -0.4 is 9.80 Å². The second-order valence-electron chi connectivity index (χ2n) is 21.4. The van der Waals surface area contributed by atoms with Gasteiger partial charge in [-0.3, -0.25) is 0 Å². The highest BCUT2D eigenvalue weighted by atomic mass is 15.4. The Bertz CT molecular complexity index is 2770. The minimum Gasteiger partial charge on any atom is -0.320 e. The molecule has 0 radical (unpaired) electrons. The predicted molar refractivity (Wildman–Crippen MR) is 287 cm³/mol. The second kappa shape index (κ2) is 17.2. The van der Waals surface area contributed by atoms with Gasteiger partial charge in [0.1, 0.15) is 6.67 Å². The Balaban J connectivity index is 1.32. The lowest BCUT2D eigenvalue weighted by Crippen LogP contribution is -2.32. The third-order valence-electron chi connectivity index (χ3n) is 15.1. The van der Waals surface area contributed by atoms with E-state index in [1.54, 1.807) is 0 Å². The standard InChI is InChI=1S/C65H66N2/c1-42(46-25-15-11-16-26-46)55-37-51(64(5,6)7)38-56(43(2)47-27-17-12-18-28-47)60(55)66-41-67(63-54-36-24-34-50-33-23-35-53(59(50)54)62(63)66)61-57(44(3)48-29-19-13-20-30-48)39-52(65(8,9)10)40-58(61)45(4)49-31-21-14-22-32-49/h11-40,42-45H,41H2,1-10H3/t42-,43-,44-,45-/m1/s1. The third-order valence-corrected chi connectivity index (χ3v) is 15.1. The largest absolute Gasteiger partial charge is 0.320 e. The zero-order valence-corrected chi connectivity index (χ0v) is 41.2. The average molecular weight is 875 g/mol. The van der Waals surface area contributed by atoms with Gasteiger partial charge in [0, 0.05) is 40.2 Å². The van der Waals surface area contributed by atoms with Gasteiger partial charge in [0.25, 0.3) is 0 Å². The van der Waals surface area contributed by atoms with Crippen LogP contribution in [-0.2, 0) is 10.8 Å². The van der Waals surface area contributed by atoms with Crippen molar-refractivity contribution in [1.29, 1.82) is 0 Å². The van der Waals surface area contributed by atoms with Crippen LogP contribution in [0.5, 0.6) is 0 Å². The van der Waals surface area contributed by atoms with Gasteiger partial charge in [-0.2, -0.15) is 0 Å². The van der Waals surface area contributed by atoms with Gasteiger partial charge in [-0.1, -0.05) is 251 Å². The molecule has 0 saturated carbocycles. The molecule has 2 heteroatoms. The molecule has 1 aliphatic carbocycles. The van der Waals surface area contributed by atoms with E-state index < -0.39 is 0 Å². The van der Waals surface area contributed by atoms with Gasteiger partial charge < -0.3 is 9.80 Å². The predicted octanol–water partition coefficient (Wildman–Crippen LogP) is 17.2. The van der Waals surface area contributed by atoms with Crippen LogP contribution in [0.15, 0.2) is 182 Å². The van der Waals surface area contributed by atoms with Crippen LogP contribution in [0.2, 0.25) is 0 Å². The molecule has 0 bridgehead atoms. The Kier molecular flexibility index (Phi) is 11.4. The molecule has 4 atom stereocenters. The van der Waals surface area contributed by atoms with Crippen molar-refractivity contribution >= 4 is 33.5 Å². The van der Waals surface area contributed by atoms with Crippen molar-refractivity contribution in [2.45, 2.75) is 104 Å². The van der Waals surface area contributed by atoms with Gasteiger partial charge in [-0.05, 0) is 71.9 Å². The summed E-state index contributed by atoms with van der Waals surface area (Å²) in [4.78, 5) is 5.51. The molecule has 2 nitrogen and oxygen atoms in total. The molecule has 0 unspecified atom stereocenters. The molecule has 8 aromatic rings. The van der Waals surface area contributed by atoms with Crippen molar-refractivity contribution in [1.82, 2.24) is 0 Å². The smallest absolute Gasteiger partial charge is 0.100 e. The zero-order valence-electron chi connectivity index (χ0n) is 41.2. The summed E-state index contributed by atoms with van der Waals surface area (Å²) in [6.07, 6.45) is 0. The molecule has 336 valence electrons. The second-order valence-corrected chi connectivity index (χ2v) is 21.4. The van der Waals surface area contributed by atoms with Crippen molar-refractivity contribution in [3.63, 3.8) is 0 Å². The molecule has 67 heavy (non-hydrogen) atoms. The summed E-state index contributed by atoms with van der Waals surface area (Å²) in [7, 11) is 0. The molecular formula is C65H66N2. The maximum absolute atomic E-state index is 2.76. The van der Waals surface area contributed by atoms with Gasteiger partial charge in [0.05, 0.1) is 22.8 Å². The fourth-order valence-electron chi connectivity index (χ4n) is 11.0. The van der Waals surface area contributed by atoms with Gasteiger partial charge in [0.2, 0.25) is 0 Å². The number of hydrogen-bond acceptors (Lipinski definition) is 2. The molecule has 1 aliphatic heterocycles. The fraction of sp³-hybridized carbons (Fsp3) is 0.262. The maximum atomic E-state index is 2.76. The van der Waals surface area contributed by atoms with Gasteiger partial charge in [0.15, 0.2) is 0 Å². The Labute approximate surface area is 400 Å². The summed E-state index contributed by atoms with van der Waals surface area (Å²) in [5, 5.41) is 2.62. The molecule has 10 rings (SSSR count). The molecule has 0 amide bonds. The maximum Gasteiger partial charge on any atom is 0.100 e. The van der Waals surface area contributed by atoms with Crippen molar-refractivity contribution < 1.29 is 0 Å². The molecule has 0 N–H and O–H groups in total. The normalized spacial score (nSPS) is 15.5. The van der Waals surface area contributed by atoms with E-state index in [0.717, 1.165) is 0 Å². The quantitative estimate of drug-likeness (QED) is 0.135. The van der Waals surface area contributed by atoms with Gasteiger partial charge >= 0.3 is 0 Å². The molecule has 0 saturated heterocycles. The van der Waals surface area contributed by atoms with Crippen molar-refractivity contribution in [2.75, 3.05) is 16.5 Å². The molecule has 2 aliphatic rings. The molecule has 1 heterocycles. The van der Waals surface area contributed by atoms with E-state index in [-0.39, 0.29) is 34.5 Å². The molecular weight excluding hydrogens is 809 g/mol.